The molecule has 0 radical (unpaired) electrons. The van der Waals surface area contributed by atoms with Crippen molar-refractivity contribution < 1.29 is 13.2 Å². The van der Waals surface area contributed by atoms with Crippen LogP contribution in [0.4, 0.5) is 13.2 Å². The molecule has 1 aliphatic rings. The Labute approximate surface area is 136 Å². The Kier molecular flexibility index (Phi) is 4.12. The molecule has 2 heterocycles. The van der Waals surface area contributed by atoms with Crippen molar-refractivity contribution in [3.63, 3.8) is 0 Å². The molecular formula is C14H17ClF3N5. The van der Waals surface area contributed by atoms with Gasteiger partial charge in [0.2, 0.25) is 0 Å². The number of nitrogens with zero attached hydrogens (tertiary/aromatic N) is 5. The number of alkyl halides is 4. The lowest BCUT2D eigenvalue weighted by Gasteiger charge is -2.39. The van der Waals surface area contributed by atoms with Gasteiger partial charge < -0.3 is 0 Å². The van der Waals surface area contributed by atoms with Gasteiger partial charge in [-0.05, 0) is 25.7 Å². The molecule has 126 valence electrons. The van der Waals surface area contributed by atoms with Crippen molar-refractivity contribution >= 4 is 11.6 Å². The molecule has 1 saturated carbocycles. The largest absolute Gasteiger partial charge is 0.391 e. The Bertz CT molecular complexity index is 655. The van der Waals surface area contributed by atoms with Gasteiger partial charge in [-0.3, -0.25) is 4.68 Å². The molecule has 5 nitrogen and oxygen atoms in total. The second-order valence-electron chi connectivity index (χ2n) is 6.09. The summed E-state index contributed by atoms with van der Waals surface area (Å²) in [4.78, 5) is 3.89. The summed E-state index contributed by atoms with van der Waals surface area (Å²) in [6.07, 6.45) is 0.385. The maximum atomic E-state index is 13.0. The van der Waals surface area contributed by atoms with Crippen LogP contribution in [-0.2, 0) is 0 Å². The first-order valence-electron chi connectivity index (χ1n) is 7.39. The van der Waals surface area contributed by atoms with Crippen molar-refractivity contribution in [2.45, 2.75) is 44.3 Å². The van der Waals surface area contributed by atoms with Crippen molar-refractivity contribution in [1.29, 1.82) is 0 Å². The molecule has 0 amide bonds. The Hall–Kier alpha value is -1.57. The molecule has 1 fully saturated rings. The third-order valence-electron chi connectivity index (χ3n) is 4.55. The van der Waals surface area contributed by atoms with E-state index in [1.807, 2.05) is 6.92 Å². The van der Waals surface area contributed by atoms with Gasteiger partial charge in [-0.1, -0.05) is 6.92 Å². The van der Waals surface area contributed by atoms with Gasteiger partial charge in [0.25, 0.3) is 0 Å². The number of halogens is 4. The van der Waals surface area contributed by atoms with E-state index < -0.39 is 17.5 Å². The van der Waals surface area contributed by atoms with Crippen LogP contribution < -0.4 is 0 Å². The van der Waals surface area contributed by atoms with E-state index >= 15 is 0 Å². The van der Waals surface area contributed by atoms with E-state index in [-0.39, 0.29) is 24.8 Å². The predicted molar refractivity (Wildman–Crippen MR) is 78.5 cm³/mol. The van der Waals surface area contributed by atoms with Gasteiger partial charge in [0, 0.05) is 0 Å². The van der Waals surface area contributed by atoms with Crippen LogP contribution in [-0.4, -0.2) is 36.1 Å². The molecule has 0 aromatic carbocycles. The Morgan fingerprint density at radius 1 is 1.26 bits per heavy atom. The zero-order chi connectivity index (χ0) is 16.8. The second kappa shape index (κ2) is 5.81. The molecule has 9 heteroatoms. The monoisotopic (exact) mass is 347 g/mol. The topological polar surface area (TPSA) is 48.5 Å². The van der Waals surface area contributed by atoms with Crippen molar-refractivity contribution in [3.8, 4) is 5.69 Å². The summed E-state index contributed by atoms with van der Waals surface area (Å²) in [5, 5.41) is 7.79. The van der Waals surface area contributed by atoms with E-state index in [1.165, 1.54) is 6.33 Å². The van der Waals surface area contributed by atoms with Gasteiger partial charge >= 0.3 is 6.18 Å². The molecule has 3 rings (SSSR count). The van der Waals surface area contributed by atoms with Crippen LogP contribution in [0, 0.1) is 18.8 Å². The highest BCUT2D eigenvalue weighted by Crippen LogP contribution is 2.46. The molecule has 4 atom stereocenters. The zero-order valence-electron chi connectivity index (χ0n) is 12.7. The second-order valence-corrected chi connectivity index (χ2v) is 6.65. The maximum Gasteiger partial charge on any atom is 0.391 e. The zero-order valence-corrected chi connectivity index (χ0v) is 13.5. The first-order chi connectivity index (χ1) is 10.8. The Morgan fingerprint density at radius 2 is 2.00 bits per heavy atom. The van der Waals surface area contributed by atoms with E-state index in [2.05, 4.69) is 15.2 Å². The molecule has 2 aromatic heterocycles. The van der Waals surface area contributed by atoms with Gasteiger partial charge in [0.05, 0.1) is 29.2 Å². The fourth-order valence-electron chi connectivity index (χ4n) is 3.39. The van der Waals surface area contributed by atoms with Crippen molar-refractivity contribution in [2.75, 3.05) is 0 Å². The molecule has 23 heavy (non-hydrogen) atoms. The van der Waals surface area contributed by atoms with Crippen LogP contribution in [0.3, 0.4) is 0 Å². The van der Waals surface area contributed by atoms with Crippen LogP contribution in [0.1, 0.15) is 31.5 Å². The molecule has 2 aromatic rings. The quantitative estimate of drug-likeness (QED) is 0.781. The summed E-state index contributed by atoms with van der Waals surface area (Å²) < 4.78 is 42.3. The Balaban J connectivity index is 1.88. The lowest BCUT2D eigenvalue weighted by Crippen LogP contribution is -2.40. The standard InChI is InChI=1S/C14H17ClF3N5/c1-8-3-10(14(16,17)18)4-11(15)13(8)23-9(2)12(5-20-23)22-7-19-6-21-22/h5-8,10-11,13H,3-4H2,1-2H3. The van der Waals surface area contributed by atoms with Crippen LogP contribution in [0.15, 0.2) is 18.9 Å². The minimum atomic E-state index is -4.20. The molecular weight excluding hydrogens is 331 g/mol. The highest BCUT2D eigenvalue weighted by molar-refractivity contribution is 6.21. The van der Waals surface area contributed by atoms with E-state index in [0.717, 1.165) is 11.4 Å². The van der Waals surface area contributed by atoms with Gasteiger partial charge in [-0.2, -0.15) is 23.4 Å². The number of aromatic nitrogens is 5. The highest BCUT2D eigenvalue weighted by atomic mass is 35.5. The summed E-state index contributed by atoms with van der Waals surface area (Å²) in [6.45, 7) is 3.66. The SMILES string of the molecule is Cc1c(-n2cncn2)cnn1C1C(C)CC(C(F)(F)F)CC1Cl. The van der Waals surface area contributed by atoms with Crippen LogP contribution in [0.5, 0.6) is 0 Å². The highest BCUT2D eigenvalue weighted by Gasteiger charge is 2.48. The third-order valence-corrected chi connectivity index (χ3v) is 4.99. The normalized spacial score (nSPS) is 29.0. The van der Waals surface area contributed by atoms with E-state index in [1.54, 1.807) is 28.8 Å². The summed E-state index contributed by atoms with van der Waals surface area (Å²) >= 11 is 6.32. The van der Waals surface area contributed by atoms with Crippen LogP contribution >= 0.6 is 11.6 Å². The third kappa shape index (κ3) is 2.96. The van der Waals surface area contributed by atoms with Crippen molar-refractivity contribution in [1.82, 2.24) is 24.5 Å². The first kappa shape index (κ1) is 16.3. The fourth-order valence-corrected chi connectivity index (χ4v) is 3.96. The average Bonchev–Trinajstić information content (AvgIpc) is 3.07. The van der Waals surface area contributed by atoms with E-state index in [0.29, 0.717) is 0 Å². The lowest BCUT2D eigenvalue weighted by atomic mass is 9.78. The molecule has 0 saturated heterocycles. The number of hydrogen-bond acceptors (Lipinski definition) is 3. The van der Waals surface area contributed by atoms with Gasteiger partial charge in [-0.15, -0.1) is 11.6 Å². The lowest BCUT2D eigenvalue weighted by molar-refractivity contribution is -0.187. The van der Waals surface area contributed by atoms with Gasteiger partial charge in [-0.25, -0.2) is 9.67 Å². The molecule has 0 bridgehead atoms. The summed E-state index contributed by atoms with van der Waals surface area (Å²) in [5.74, 6) is -1.57. The van der Waals surface area contributed by atoms with Crippen LogP contribution in [0.2, 0.25) is 0 Å². The summed E-state index contributed by atoms with van der Waals surface area (Å²) in [5.41, 5.74) is 1.56. The fraction of sp³-hybridized carbons (Fsp3) is 0.643. The summed E-state index contributed by atoms with van der Waals surface area (Å²) in [7, 11) is 0. The number of rotatable bonds is 2. The molecule has 0 N–H and O–H groups in total. The van der Waals surface area contributed by atoms with Crippen LogP contribution in [0.25, 0.3) is 5.69 Å². The van der Waals surface area contributed by atoms with Gasteiger partial charge in [0.1, 0.15) is 18.3 Å². The molecule has 1 aliphatic carbocycles. The van der Waals surface area contributed by atoms with E-state index in [4.69, 9.17) is 11.6 Å². The van der Waals surface area contributed by atoms with Crippen molar-refractivity contribution in [2.24, 2.45) is 11.8 Å². The van der Waals surface area contributed by atoms with Crippen molar-refractivity contribution in [3.05, 3.63) is 24.5 Å². The molecule has 4 unspecified atom stereocenters. The smallest absolute Gasteiger partial charge is 0.263 e. The minimum Gasteiger partial charge on any atom is -0.263 e. The molecule has 0 aliphatic heterocycles. The van der Waals surface area contributed by atoms with Gasteiger partial charge in [0.15, 0.2) is 0 Å². The Morgan fingerprint density at radius 3 is 2.57 bits per heavy atom. The maximum absolute atomic E-state index is 13.0. The average molecular weight is 348 g/mol. The summed E-state index contributed by atoms with van der Waals surface area (Å²) in [6, 6.07) is -0.271. The first-order valence-corrected chi connectivity index (χ1v) is 7.82. The van der Waals surface area contributed by atoms with E-state index in [9.17, 15) is 13.2 Å². The predicted octanol–water partition coefficient (Wildman–Crippen LogP) is 3.53. The molecule has 0 spiro atoms. The number of hydrogen-bond donors (Lipinski definition) is 0. The minimum absolute atomic E-state index is 0.0648.